The van der Waals surface area contributed by atoms with Crippen molar-refractivity contribution in [2.75, 3.05) is 30.4 Å². The van der Waals surface area contributed by atoms with Crippen molar-refractivity contribution in [1.29, 1.82) is 0 Å². The third-order valence-corrected chi connectivity index (χ3v) is 7.12. The van der Waals surface area contributed by atoms with Crippen LogP contribution in [0.2, 0.25) is 0 Å². The second-order valence-corrected chi connectivity index (χ2v) is 9.48. The summed E-state index contributed by atoms with van der Waals surface area (Å²) < 4.78 is 20.8. The van der Waals surface area contributed by atoms with Crippen molar-refractivity contribution < 1.29 is 13.9 Å². The Kier molecular flexibility index (Phi) is 6.50. The minimum Gasteiger partial charge on any atom is -0.497 e. The minimum absolute atomic E-state index is 0.0658. The van der Waals surface area contributed by atoms with Gasteiger partial charge in [0.05, 0.1) is 25.1 Å². The van der Waals surface area contributed by atoms with Gasteiger partial charge in [0.15, 0.2) is 0 Å². The van der Waals surface area contributed by atoms with Crippen LogP contribution < -0.4 is 20.5 Å². The number of aromatic nitrogens is 2. The SMILES string of the molecule is COc1ccc(NC(=O)[C@H]2CCCN(c3nc4ccsc4c(=O)n3Cc3ccc(F)cc3)C2)cc1. The lowest BCUT2D eigenvalue weighted by molar-refractivity contribution is -0.120. The molecule has 1 atom stereocenters. The third kappa shape index (κ3) is 4.90. The van der Waals surface area contributed by atoms with E-state index in [0.29, 0.717) is 34.9 Å². The molecule has 0 radical (unpaired) electrons. The summed E-state index contributed by atoms with van der Waals surface area (Å²) in [7, 11) is 1.60. The number of ether oxygens (including phenoxy) is 1. The summed E-state index contributed by atoms with van der Waals surface area (Å²) in [6.45, 7) is 1.42. The number of fused-ring (bicyclic) bond motifs is 1. The molecule has 5 rings (SSSR count). The fraction of sp³-hybridized carbons (Fsp3) is 0.269. The number of carbonyl (C=O) groups excluding carboxylic acids is 1. The number of nitrogens with one attached hydrogen (secondary N) is 1. The fourth-order valence-corrected chi connectivity index (χ4v) is 5.16. The molecule has 0 bridgehead atoms. The molecule has 1 saturated heterocycles. The van der Waals surface area contributed by atoms with Crippen LogP contribution in [0.4, 0.5) is 16.0 Å². The van der Waals surface area contributed by atoms with Gasteiger partial charge in [0, 0.05) is 18.8 Å². The zero-order chi connectivity index (χ0) is 24.4. The van der Waals surface area contributed by atoms with Crippen molar-refractivity contribution in [1.82, 2.24) is 9.55 Å². The highest BCUT2D eigenvalue weighted by Crippen LogP contribution is 2.26. The maximum absolute atomic E-state index is 13.4. The topological polar surface area (TPSA) is 76.5 Å². The number of nitrogens with zero attached hydrogens (tertiary/aromatic N) is 3. The molecule has 2 aromatic heterocycles. The molecule has 0 aliphatic carbocycles. The average Bonchev–Trinajstić information content (AvgIpc) is 3.36. The second kappa shape index (κ2) is 9.87. The van der Waals surface area contributed by atoms with Gasteiger partial charge in [-0.15, -0.1) is 11.3 Å². The van der Waals surface area contributed by atoms with Gasteiger partial charge in [-0.1, -0.05) is 12.1 Å². The molecule has 0 spiro atoms. The van der Waals surface area contributed by atoms with Crippen LogP contribution in [-0.2, 0) is 11.3 Å². The maximum Gasteiger partial charge on any atom is 0.273 e. The van der Waals surface area contributed by atoms with Crippen molar-refractivity contribution >= 4 is 39.1 Å². The molecule has 2 aromatic carbocycles. The molecule has 4 aromatic rings. The Hall–Kier alpha value is -3.72. The molecule has 3 heterocycles. The van der Waals surface area contributed by atoms with Crippen LogP contribution in [0.5, 0.6) is 5.75 Å². The van der Waals surface area contributed by atoms with E-state index in [-0.39, 0.29) is 29.7 Å². The normalized spacial score (nSPS) is 15.8. The fourth-order valence-electron chi connectivity index (χ4n) is 4.38. The number of methoxy groups -OCH3 is 1. The van der Waals surface area contributed by atoms with Crippen molar-refractivity contribution in [3.63, 3.8) is 0 Å². The standard InChI is InChI=1S/C26H25FN4O3S/c1-34-21-10-8-20(9-11-21)28-24(32)18-3-2-13-30(16-18)26-29-22-12-14-35-23(22)25(33)31(26)15-17-4-6-19(27)7-5-17/h4-12,14,18H,2-3,13,15-16H2,1H3,(H,28,32)/t18-/m0/s1. The van der Waals surface area contributed by atoms with Crippen LogP contribution in [0.1, 0.15) is 18.4 Å². The predicted molar refractivity (Wildman–Crippen MR) is 136 cm³/mol. The Morgan fingerprint density at radius 1 is 1.17 bits per heavy atom. The highest BCUT2D eigenvalue weighted by Gasteiger charge is 2.29. The van der Waals surface area contributed by atoms with E-state index < -0.39 is 0 Å². The van der Waals surface area contributed by atoms with Crippen molar-refractivity contribution in [3.05, 3.63) is 81.7 Å². The van der Waals surface area contributed by atoms with Gasteiger partial charge >= 0.3 is 0 Å². The van der Waals surface area contributed by atoms with Crippen molar-refractivity contribution in [2.24, 2.45) is 5.92 Å². The molecule has 180 valence electrons. The first kappa shape index (κ1) is 23.0. The summed E-state index contributed by atoms with van der Waals surface area (Å²) in [5.74, 6) is 0.618. The monoisotopic (exact) mass is 492 g/mol. The van der Waals surface area contributed by atoms with Gasteiger partial charge in [-0.3, -0.25) is 14.2 Å². The van der Waals surface area contributed by atoms with E-state index in [1.54, 1.807) is 35.9 Å². The number of rotatable bonds is 6. The van der Waals surface area contributed by atoms with E-state index in [9.17, 15) is 14.0 Å². The Balaban J connectivity index is 1.41. The van der Waals surface area contributed by atoms with Crippen LogP contribution >= 0.6 is 11.3 Å². The van der Waals surface area contributed by atoms with Gasteiger partial charge in [-0.05, 0) is 66.2 Å². The number of piperidine rings is 1. The Bertz CT molecular complexity index is 1400. The lowest BCUT2D eigenvalue weighted by Gasteiger charge is -2.34. The third-order valence-electron chi connectivity index (χ3n) is 6.23. The molecule has 35 heavy (non-hydrogen) atoms. The van der Waals surface area contributed by atoms with E-state index in [2.05, 4.69) is 5.32 Å². The van der Waals surface area contributed by atoms with Gasteiger partial charge in [-0.25, -0.2) is 9.37 Å². The second-order valence-electron chi connectivity index (χ2n) is 8.57. The number of halogens is 1. The first-order valence-corrected chi connectivity index (χ1v) is 12.3. The number of hydrogen-bond donors (Lipinski definition) is 1. The van der Waals surface area contributed by atoms with Gasteiger partial charge in [0.25, 0.3) is 5.56 Å². The minimum atomic E-state index is -0.324. The predicted octanol–water partition coefficient (Wildman–Crippen LogP) is 4.51. The smallest absolute Gasteiger partial charge is 0.273 e. The molecule has 0 unspecified atom stereocenters. The highest BCUT2D eigenvalue weighted by atomic mass is 32.1. The van der Waals surface area contributed by atoms with Gasteiger partial charge in [0.1, 0.15) is 16.3 Å². The molecule has 9 heteroatoms. The van der Waals surface area contributed by atoms with E-state index >= 15 is 0 Å². The van der Waals surface area contributed by atoms with Gasteiger partial charge in [0.2, 0.25) is 11.9 Å². The molecular weight excluding hydrogens is 467 g/mol. The molecular formula is C26H25FN4O3S. The van der Waals surface area contributed by atoms with E-state index in [0.717, 1.165) is 24.2 Å². The summed E-state index contributed by atoms with van der Waals surface area (Å²) in [6, 6.07) is 15.2. The van der Waals surface area contributed by atoms with Crippen LogP contribution in [0.3, 0.4) is 0 Å². The van der Waals surface area contributed by atoms with Crippen LogP contribution in [0.15, 0.2) is 64.8 Å². The van der Waals surface area contributed by atoms with E-state index in [1.807, 2.05) is 28.5 Å². The first-order valence-electron chi connectivity index (χ1n) is 11.4. The van der Waals surface area contributed by atoms with E-state index in [1.165, 1.54) is 23.5 Å². The van der Waals surface area contributed by atoms with Gasteiger partial charge in [-0.2, -0.15) is 0 Å². The van der Waals surface area contributed by atoms with Crippen LogP contribution in [-0.4, -0.2) is 35.7 Å². The van der Waals surface area contributed by atoms with Crippen molar-refractivity contribution in [3.8, 4) is 5.75 Å². The molecule has 1 aliphatic rings. The zero-order valence-corrected chi connectivity index (χ0v) is 20.1. The molecule has 1 amide bonds. The lowest BCUT2D eigenvalue weighted by Crippen LogP contribution is -2.43. The maximum atomic E-state index is 13.4. The zero-order valence-electron chi connectivity index (χ0n) is 19.2. The molecule has 7 nitrogen and oxygen atoms in total. The Labute approximate surface area is 205 Å². The molecule has 0 saturated carbocycles. The average molecular weight is 493 g/mol. The molecule has 1 aliphatic heterocycles. The number of benzene rings is 2. The highest BCUT2D eigenvalue weighted by molar-refractivity contribution is 7.17. The molecule has 1 fully saturated rings. The largest absolute Gasteiger partial charge is 0.497 e. The Morgan fingerprint density at radius 3 is 2.69 bits per heavy atom. The lowest BCUT2D eigenvalue weighted by atomic mass is 9.97. The molecule has 1 N–H and O–H groups in total. The summed E-state index contributed by atoms with van der Waals surface area (Å²) in [5.41, 5.74) is 2.03. The summed E-state index contributed by atoms with van der Waals surface area (Å²) in [5, 5.41) is 4.84. The quantitative estimate of drug-likeness (QED) is 0.429. The van der Waals surface area contributed by atoms with Crippen molar-refractivity contribution in [2.45, 2.75) is 19.4 Å². The number of hydrogen-bond acceptors (Lipinski definition) is 6. The summed E-state index contributed by atoms with van der Waals surface area (Å²) in [4.78, 5) is 33.3. The summed E-state index contributed by atoms with van der Waals surface area (Å²) in [6.07, 6.45) is 1.55. The van der Waals surface area contributed by atoms with Gasteiger partial charge < -0.3 is 15.0 Å². The summed E-state index contributed by atoms with van der Waals surface area (Å²) >= 11 is 1.36. The number of anilines is 2. The Morgan fingerprint density at radius 2 is 1.94 bits per heavy atom. The number of amides is 1. The number of carbonyl (C=O) groups is 1. The number of thiophene rings is 1. The van der Waals surface area contributed by atoms with E-state index in [4.69, 9.17) is 9.72 Å². The van der Waals surface area contributed by atoms with Crippen LogP contribution in [0.25, 0.3) is 10.2 Å². The first-order chi connectivity index (χ1) is 17.0. The van der Waals surface area contributed by atoms with Crippen LogP contribution in [0, 0.1) is 11.7 Å².